The summed E-state index contributed by atoms with van der Waals surface area (Å²) in [5.74, 6) is -1.19. The largest absolute Gasteiger partial charge is 0.416 e. The van der Waals surface area contributed by atoms with E-state index in [-0.39, 0.29) is 23.6 Å². The van der Waals surface area contributed by atoms with Crippen LogP contribution in [0.4, 0.5) is 11.4 Å². The molecule has 4 N–H and O–H groups in total. The van der Waals surface area contributed by atoms with Crippen LogP contribution in [0.3, 0.4) is 0 Å². The van der Waals surface area contributed by atoms with Crippen molar-refractivity contribution in [3.05, 3.63) is 120 Å². The fraction of sp³-hybridized carbons (Fsp3) is 0.286. The number of carbonyl (C=O) groups is 4. The number of benzene rings is 4. The molecule has 5 aromatic rings. The predicted octanol–water partition coefficient (Wildman–Crippen LogP) is 5.08. The summed E-state index contributed by atoms with van der Waals surface area (Å²) >= 11 is 0. The summed E-state index contributed by atoms with van der Waals surface area (Å²) in [6.07, 6.45) is 2.26. The van der Waals surface area contributed by atoms with E-state index in [0.717, 1.165) is 0 Å². The minimum atomic E-state index is -1.76. The summed E-state index contributed by atoms with van der Waals surface area (Å²) < 4.78 is 5.95. The summed E-state index contributed by atoms with van der Waals surface area (Å²) in [7, 11) is 0. The highest BCUT2D eigenvalue weighted by atomic mass is 16.4. The number of anilines is 2. The molecule has 2 saturated heterocycles. The molecule has 13 heteroatoms. The van der Waals surface area contributed by atoms with Crippen molar-refractivity contribution >= 4 is 35.0 Å². The smallest absolute Gasteiger partial charge is 0.259 e. The van der Waals surface area contributed by atoms with Crippen molar-refractivity contribution in [2.75, 3.05) is 23.7 Å². The van der Waals surface area contributed by atoms with Crippen molar-refractivity contribution in [3.63, 3.8) is 0 Å². The number of aliphatic hydroxyl groups is 2. The van der Waals surface area contributed by atoms with E-state index in [2.05, 4.69) is 20.8 Å². The third kappa shape index (κ3) is 7.62. The summed E-state index contributed by atoms with van der Waals surface area (Å²) in [5.41, 5.74) is -0.312. The lowest BCUT2D eigenvalue weighted by Gasteiger charge is -2.31. The zero-order chi connectivity index (χ0) is 38.7. The van der Waals surface area contributed by atoms with Gasteiger partial charge in [-0.15, -0.1) is 10.2 Å². The molecule has 0 saturated carbocycles. The van der Waals surface area contributed by atoms with Gasteiger partial charge >= 0.3 is 0 Å². The van der Waals surface area contributed by atoms with E-state index >= 15 is 0 Å². The second-order valence-electron chi connectivity index (χ2n) is 14.2. The van der Waals surface area contributed by atoms with Crippen LogP contribution in [0.5, 0.6) is 0 Å². The highest BCUT2D eigenvalue weighted by Crippen LogP contribution is 2.31. The first kappa shape index (κ1) is 37.1. The van der Waals surface area contributed by atoms with E-state index in [1.54, 1.807) is 109 Å². The third-order valence-electron chi connectivity index (χ3n) is 10.4. The maximum Gasteiger partial charge on any atom is 0.259 e. The average molecular weight is 743 g/mol. The van der Waals surface area contributed by atoms with Crippen LogP contribution < -0.4 is 10.6 Å². The number of rotatable bonds is 10. The Bertz CT molecular complexity index is 2020. The maximum atomic E-state index is 13.4. The number of aromatic nitrogens is 2. The first-order valence-corrected chi connectivity index (χ1v) is 18.3. The van der Waals surface area contributed by atoms with E-state index in [1.165, 1.54) is 23.6 Å². The molecule has 4 amide bonds. The van der Waals surface area contributed by atoms with Crippen molar-refractivity contribution in [1.29, 1.82) is 0 Å². The van der Waals surface area contributed by atoms with Gasteiger partial charge in [-0.3, -0.25) is 19.2 Å². The van der Waals surface area contributed by atoms with Crippen LogP contribution in [-0.2, 0) is 30.4 Å². The van der Waals surface area contributed by atoms with Crippen LogP contribution >= 0.6 is 0 Å². The number of nitrogens with one attached hydrogen (secondary N) is 2. The number of carbonyl (C=O) groups excluding carboxylic acids is 4. The Morgan fingerprint density at radius 3 is 1.33 bits per heavy atom. The molecule has 0 radical (unpaired) electrons. The van der Waals surface area contributed by atoms with E-state index in [1.807, 2.05) is 0 Å². The summed E-state index contributed by atoms with van der Waals surface area (Å²) in [6, 6.07) is 29.7. The van der Waals surface area contributed by atoms with Gasteiger partial charge in [-0.25, -0.2) is 0 Å². The normalized spacial score (nSPS) is 19.0. The molecule has 1 aromatic heterocycles. The van der Waals surface area contributed by atoms with Crippen LogP contribution in [0.15, 0.2) is 114 Å². The monoisotopic (exact) mass is 742 g/mol. The molecule has 3 heterocycles. The number of hydrogen-bond acceptors (Lipinski definition) is 9. The van der Waals surface area contributed by atoms with Gasteiger partial charge in [-0.1, -0.05) is 60.7 Å². The number of nitrogens with zero attached hydrogens (tertiary/aromatic N) is 4. The molecule has 1 unspecified atom stereocenters. The first-order valence-electron chi connectivity index (χ1n) is 18.3. The highest BCUT2D eigenvalue weighted by Gasteiger charge is 2.44. The number of amides is 4. The molecule has 55 heavy (non-hydrogen) atoms. The van der Waals surface area contributed by atoms with Crippen LogP contribution in [0.2, 0.25) is 0 Å². The molecule has 4 atom stereocenters. The van der Waals surface area contributed by atoms with E-state index in [0.29, 0.717) is 72.4 Å². The van der Waals surface area contributed by atoms with Crippen LogP contribution in [0.25, 0.3) is 22.9 Å². The molecule has 2 fully saturated rings. The fourth-order valence-electron chi connectivity index (χ4n) is 7.20. The molecule has 0 bridgehead atoms. The topological polar surface area (TPSA) is 178 Å². The Labute approximate surface area is 318 Å². The summed E-state index contributed by atoms with van der Waals surface area (Å²) in [6.45, 7) is 3.65. The maximum absolute atomic E-state index is 13.4. The Kier molecular flexibility index (Phi) is 10.3. The summed E-state index contributed by atoms with van der Waals surface area (Å²) in [4.78, 5) is 56.3. The molecule has 2 aliphatic heterocycles. The van der Waals surface area contributed by atoms with Gasteiger partial charge in [-0.2, -0.15) is 0 Å². The third-order valence-corrected chi connectivity index (χ3v) is 10.4. The first-order chi connectivity index (χ1) is 26.4. The summed E-state index contributed by atoms with van der Waals surface area (Å²) in [5, 5.41) is 36.3. The van der Waals surface area contributed by atoms with Gasteiger partial charge in [0.05, 0.1) is 0 Å². The number of likely N-dealkylation sites (tertiary alicyclic amines) is 2. The predicted molar refractivity (Wildman–Crippen MR) is 204 cm³/mol. The Morgan fingerprint density at radius 2 is 0.964 bits per heavy atom. The van der Waals surface area contributed by atoms with Crippen molar-refractivity contribution < 1.29 is 33.8 Å². The molecular weight excluding hydrogens is 700 g/mol. The lowest BCUT2D eigenvalue weighted by atomic mass is 9.94. The Hall–Kier alpha value is -6.18. The Balaban J connectivity index is 0.950. The van der Waals surface area contributed by atoms with Crippen molar-refractivity contribution in [2.24, 2.45) is 0 Å². The minimum Gasteiger partial charge on any atom is -0.416 e. The highest BCUT2D eigenvalue weighted by molar-refractivity contribution is 6.00. The van der Waals surface area contributed by atoms with Gasteiger partial charge in [-0.05, 0) is 99.2 Å². The van der Waals surface area contributed by atoms with Crippen molar-refractivity contribution in [2.45, 2.75) is 62.8 Å². The second kappa shape index (κ2) is 15.3. The van der Waals surface area contributed by atoms with Gasteiger partial charge in [0.15, 0.2) is 11.2 Å². The SMILES string of the molecule is C[C@](O)(C(=O)N1CCCC1C(=O)Nc1ccc(-c2nnc(-c3ccc(NC(=O)[C@@H]4CCCN4C(=O)[C@](C)(O)c4ccccc4)cc3)o2)cc1)c1ccccc1. The number of hydrogen-bond donors (Lipinski definition) is 4. The van der Waals surface area contributed by atoms with Gasteiger partial charge in [0.1, 0.15) is 12.1 Å². The minimum absolute atomic E-state index is 0.262. The van der Waals surface area contributed by atoms with E-state index < -0.39 is 35.1 Å². The van der Waals surface area contributed by atoms with Gasteiger partial charge in [0, 0.05) is 35.6 Å². The molecule has 2 aliphatic rings. The molecule has 4 aromatic carbocycles. The standard InChI is InChI=1S/C42H42N6O7/c1-41(53,29-11-5-3-6-12-29)39(51)47-25-9-15-33(47)35(49)43-31-21-17-27(18-22-31)37-45-46-38(55-37)28-19-23-32(24-20-28)44-36(50)34-16-10-26-48(34)40(52)42(2,54)30-13-7-4-8-14-30/h3-8,11-14,17-24,33-34,53-54H,9-10,15-16,25-26H2,1-2H3,(H,43,49)(H,44,50)/t33-,34?,41+,42+/m0/s1. The zero-order valence-electron chi connectivity index (χ0n) is 30.5. The molecular formula is C42H42N6O7. The molecule has 0 spiro atoms. The fourth-order valence-corrected chi connectivity index (χ4v) is 7.20. The molecule has 7 rings (SSSR count). The lowest BCUT2D eigenvalue weighted by molar-refractivity contribution is -0.153. The quantitative estimate of drug-likeness (QED) is 0.152. The van der Waals surface area contributed by atoms with Gasteiger partial charge in [0.2, 0.25) is 23.6 Å². The van der Waals surface area contributed by atoms with Crippen molar-refractivity contribution in [1.82, 2.24) is 20.0 Å². The zero-order valence-corrected chi connectivity index (χ0v) is 30.5. The van der Waals surface area contributed by atoms with Gasteiger partial charge in [0.25, 0.3) is 11.8 Å². The second-order valence-corrected chi connectivity index (χ2v) is 14.2. The van der Waals surface area contributed by atoms with E-state index in [4.69, 9.17) is 4.42 Å². The molecule has 13 nitrogen and oxygen atoms in total. The van der Waals surface area contributed by atoms with Crippen LogP contribution in [0, 0.1) is 0 Å². The molecule has 282 valence electrons. The van der Waals surface area contributed by atoms with E-state index in [9.17, 15) is 29.4 Å². The average Bonchev–Trinajstić information content (AvgIpc) is 4.01. The molecule has 0 aliphatic carbocycles. The van der Waals surface area contributed by atoms with Crippen LogP contribution in [-0.4, -0.2) is 79.0 Å². The van der Waals surface area contributed by atoms with Crippen molar-refractivity contribution in [3.8, 4) is 22.9 Å². The van der Waals surface area contributed by atoms with Crippen LogP contribution in [0.1, 0.15) is 50.7 Å². The van der Waals surface area contributed by atoms with Gasteiger partial charge < -0.3 is 35.1 Å². The Morgan fingerprint density at radius 1 is 0.600 bits per heavy atom. The lowest BCUT2D eigenvalue weighted by Crippen LogP contribution is -2.50.